The molecule has 0 saturated carbocycles. The summed E-state index contributed by atoms with van der Waals surface area (Å²) < 4.78 is 13.1. The fraction of sp³-hybridized carbons (Fsp3) is 0.122. The number of benzene rings is 5. The monoisotopic (exact) mass is 695 g/mol. The zero-order valence-electron chi connectivity index (χ0n) is 29.4. The molecule has 5 heteroatoms. The summed E-state index contributed by atoms with van der Waals surface area (Å²) in [7, 11) is 0. The Kier molecular flexibility index (Phi) is 6.35. The SMILES string of the molecule is C1=CC2Oc3c(-c4nc(-c5ccccc5)nc(-c5cccc6oc7ccc(-c8ccc9c%10c8CC=C8CC=CC(=C8%10)CC9)cc7c56)n4)cccc3C2C=C1. The molecule has 5 aromatic carbocycles. The number of ether oxygens (including phenoxy) is 1. The number of nitrogens with zero attached hydrogens (tertiary/aromatic N) is 3. The summed E-state index contributed by atoms with van der Waals surface area (Å²) in [4.78, 5) is 15.5. The number of aromatic nitrogens is 3. The second-order valence-corrected chi connectivity index (χ2v) is 14.8. The highest BCUT2D eigenvalue weighted by Crippen LogP contribution is 2.49. The number of furan rings is 1. The predicted octanol–water partition coefficient (Wildman–Crippen LogP) is 11.6. The van der Waals surface area contributed by atoms with Gasteiger partial charge in [-0.1, -0.05) is 109 Å². The van der Waals surface area contributed by atoms with E-state index in [1.807, 2.05) is 42.5 Å². The van der Waals surface area contributed by atoms with Gasteiger partial charge in [0.1, 0.15) is 23.0 Å². The number of allylic oxidation sites excluding steroid dienone is 8. The van der Waals surface area contributed by atoms with Gasteiger partial charge in [-0.25, -0.2) is 15.0 Å². The molecule has 2 aromatic heterocycles. The van der Waals surface area contributed by atoms with Crippen molar-refractivity contribution in [2.24, 2.45) is 0 Å². The molecule has 256 valence electrons. The summed E-state index contributed by atoms with van der Waals surface area (Å²) in [6.07, 6.45) is 19.8. The van der Waals surface area contributed by atoms with Crippen LogP contribution in [0.4, 0.5) is 0 Å². The molecule has 7 aromatic rings. The number of rotatable bonds is 4. The van der Waals surface area contributed by atoms with Gasteiger partial charge in [0.2, 0.25) is 0 Å². The molecule has 3 heterocycles. The van der Waals surface area contributed by atoms with Gasteiger partial charge in [-0.15, -0.1) is 0 Å². The first kappa shape index (κ1) is 29.9. The Morgan fingerprint density at radius 3 is 2.44 bits per heavy atom. The number of aryl methyl sites for hydroxylation is 1. The van der Waals surface area contributed by atoms with Crippen LogP contribution in [0, 0.1) is 0 Å². The molecule has 5 aliphatic rings. The van der Waals surface area contributed by atoms with E-state index in [-0.39, 0.29) is 12.0 Å². The van der Waals surface area contributed by atoms with Gasteiger partial charge in [-0.05, 0) is 101 Å². The Balaban J connectivity index is 1.05. The normalized spacial score (nSPS) is 18.8. The number of hydrogen-bond acceptors (Lipinski definition) is 5. The van der Waals surface area contributed by atoms with E-state index in [4.69, 9.17) is 24.1 Å². The van der Waals surface area contributed by atoms with Crippen molar-refractivity contribution in [3.63, 3.8) is 0 Å². The molecular formula is C49H33N3O2. The third kappa shape index (κ3) is 4.42. The smallest absolute Gasteiger partial charge is 0.167 e. The van der Waals surface area contributed by atoms with Crippen LogP contribution in [0.15, 0.2) is 155 Å². The first-order valence-corrected chi connectivity index (χ1v) is 18.9. The Labute approximate surface area is 312 Å². The second kappa shape index (κ2) is 11.5. The van der Waals surface area contributed by atoms with Gasteiger partial charge in [0.15, 0.2) is 17.5 Å². The minimum atomic E-state index is -0.0395. The molecule has 2 atom stereocenters. The van der Waals surface area contributed by atoms with Gasteiger partial charge < -0.3 is 9.15 Å². The predicted molar refractivity (Wildman–Crippen MR) is 215 cm³/mol. The van der Waals surface area contributed by atoms with Crippen molar-refractivity contribution in [3.8, 4) is 51.0 Å². The highest BCUT2D eigenvalue weighted by Gasteiger charge is 2.35. The van der Waals surface area contributed by atoms with Crippen molar-refractivity contribution in [2.45, 2.75) is 37.7 Å². The lowest BCUT2D eigenvalue weighted by atomic mass is 9.72. The molecule has 0 saturated heterocycles. The van der Waals surface area contributed by atoms with Crippen LogP contribution in [0.1, 0.15) is 41.0 Å². The van der Waals surface area contributed by atoms with Gasteiger partial charge in [0.05, 0.1) is 5.56 Å². The van der Waals surface area contributed by atoms with Crippen molar-refractivity contribution < 1.29 is 9.15 Å². The van der Waals surface area contributed by atoms with E-state index in [0.29, 0.717) is 17.5 Å². The molecule has 54 heavy (non-hydrogen) atoms. The van der Waals surface area contributed by atoms with Gasteiger partial charge in [-0.3, -0.25) is 0 Å². The first-order chi connectivity index (χ1) is 26.7. The highest BCUT2D eigenvalue weighted by molar-refractivity contribution is 6.13. The number of hydrogen-bond donors (Lipinski definition) is 0. The zero-order valence-corrected chi connectivity index (χ0v) is 29.4. The minimum Gasteiger partial charge on any atom is -0.484 e. The molecule has 1 aliphatic heterocycles. The molecular weight excluding hydrogens is 663 g/mol. The quantitative estimate of drug-likeness (QED) is 0.183. The number of para-hydroxylation sites is 1. The summed E-state index contributed by atoms with van der Waals surface area (Å²) in [5.74, 6) is 2.79. The topological polar surface area (TPSA) is 61.0 Å². The Hall–Kier alpha value is -6.59. The molecule has 0 radical (unpaired) electrons. The molecule has 0 amide bonds. The highest BCUT2D eigenvalue weighted by atomic mass is 16.5. The summed E-state index contributed by atoms with van der Waals surface area (Å²) in [5.41, 5.74) is 16.8. The van der Waals surface area contributed by atoms with Crippen LogP contribution in [-0.4, -0.2) is 21.1 Å². The first-order valence-electron chi connectivity index (χ1n) is 18.9. The maximum absolute atomic E-state index is 6.58. The third-order valence-electron chi connectivity index (χ3n) is 11.9. The Bertz CT molecular complexity index is 2920. The van der Waals surface area contributed by atoms with Crippen molar-refractivity contribution in [1.29, 1.82) is 0 Å². The van der Waals surface area contributed by atoms with Crippen molar-refractivity contribution in [2.75, 3.05) is 0 Å². The molecule has 5 nitrogen and oxygen atoms in total. The van der Waals surface area contributed by atoms with E-state index < -0.39 is 0 Å². The van der Waals surface area contributed by atoms with Crippen molar-refractivity contribution in [3.05, 3.63) is 173 Å². The van der Waals surface area contributed by atoms with Crippen molar-refractivity contribution in [1.82, 2.24) is 15.0 Å². The van der Waals surface area contributed by atoms with Crippen LogP contribution in [0.2, 0.25) is 0 Å². The maximum atomic E-state index is 6.58. The number of fused-ring (bicyclic) bond motifs is 6. The average Bonchev–Trinajstić information content (AvgIpc) is 3.81. The summed E-state index contributed by atoms with van der Waals surface area (Å²) in [6.45, 7) is 0. The van der Waals surface area contributed by atoms with Gasteiger partial charge in [0, 0.05) is 33.4 Å². The summed E-state index contributed by atoms with van der Waals surface area (Å²) in [5, 5.41) is 2.04. The summed E-state index contributed by atoms with van der Waals surface area (Å²) in [6, 6.07) is 34.0. The fourth-order valence-corrected chi connectivity index (χ4v) is 9.38. The fourth-order valence-electron chi connectivity index (χ4n) is 9.38. The lowest BCUT2D eigenvalue weighted by Crippen LogP contribution is -2.15. The van der Waals surface area contributed by atoms with E-state index in [1.165, 1.54) is 44.5 Å². The van der Waals surface area contributed by atoms with Crippen LogP contribution in [0.25, 0.3) is 72.8 Å². The van der Waals surface area contributed by atoms with Crippen LogP contribution in [-0.2, 0) is 12.8 Å². The van der Waals surface area contributed by atoms with E-state index in [9.17, 15) is 0 Å². The van der Waals surface area contributed by atoms with Crippen LogP contribution < -0.4 is 4.74 Å². The van der Waals surface area contributed by atoms with Gasteiger partial charge in [-0.2, -0.15) is 0 Å². The molecule has 0 spiro atoms. The zero-order chi connectivity index (χ0) is 35.3. The maximum Gasteiger partial charge on any atom is 0.167 e. The van der Waals surface area contributed by atoms with Crippen LogP contribution in [0.5, 0.6) is 5.75 Å². The summed E-state index contributed by atoms with van der Waals surface area (Å²) >= 11 is 0. The van der Waals surface area contributed by atoms with Crippen LogP contribution >= 0.6 is 0 Å². The third-order valence-corrected chi connectivity index (χ3v) is 11.9. The molecule has 0 bridgehead atoms. The van der Waals surface area contributed by atoms with E-state index >= 15 is 0 Å². The average molecular weight is 696 g/mol. The van der Waals surface area contributed by atoms with Crippen molar-refractivity contribution >= 4 is 27.5 Å². The van der Waals surface area contributed by atoms with E-state index in [1.54, 1.807) is 0 Å². The van der Waals surface area contributed by atoms with E-state index in [0.717, 1.165) is 75.6 Å². The molecule has 0 N–H and O–H groups in total. The lowest BCUT2D eigenvalue weighted by Gasteiger charge is -2.32. The minimum absolute atomic E-state index is 0.0395. The molecule has 0 fully saturated rings. The van der Waals surface area contributed by atoms with Gasteiger partial charge in [0.25, 0.3) is 0 Å². The molecule has 2 unspecified atom stereocenters. The Morgan fingerprint density at radius 2 is 1.50 bits per heavy atom. The van der Waals surface area contributed by atoms with E-state index in [2.05, 4.69) is 97.1 Å². The van der Waals surface area contributed by atoms with Crippen LogP contribution in [0.3, 0.4) is 0 Å². The largest absolute Gasteiger partial charge is 0.484 e. The second-order valence-electron chi connectivity index (χ2n) is 14.8. The Morgan fingerprint density at radius 1 is 0.648 bits per heavy atom. The molecule has 4 aliphatic carbocycles. The molecule has 12 rings (SSSR count). The lowest BCUT2D eigenvalue weighted by molar-refractivity contribution is 0.269. The van der Waals surface area contributed by atoms with Gasteiger partial charge >= 0.3 is 0 Å². The standard InChI is InChI=1S/C49H33N3O2/c1-2-9-31(10-3-1)47-50-48(52-49(51-47)38-16-7-14-36-34-13-4-5-17-40(34)54-46(36)38)37-15-8-18-42-45(37)39-27-32(23-26-41(39)53-42)33-24-21-30-20-19-28-11-6-12-29-22-25-35(33)44(30)43(28)29/h1-11,13-18,21-24,26-27,34,40H,12,19-20,25H2.